The summed E-state index contributed by atoms with van der Waals surface area (Å²) >= 11 is 0. The molecule has 146 valence electrons. The maximum Gasteiger partial charge on any atom is 0.336 e. The molecule has 3 aromatic rings. The number of anilines is 1. The molecule has 0 saturated heterocycles. The van der Waals surface area contributed by atoms with Crippen LogP contribution in [0.4, 0.5) is 5.82 Å². The number of methoxy groups -OCH3 is 1. The van der Waals surface area contributed by atoms with E-state index in [-0.39, 0.29) is 17.8 Å². The molecular weight excluding hydrogens is 370 g/mol. The van der Waals surface area contributed by atoms with Crippen LogP contribution >= 0.6 is 0 Å². The minimum Gasteiger partial charge on any atom is -0.497 e. The second-order valence-electron chi connectivity index (χ2n) is 5.81. The normalized spacial score (nSPS) is 11.8. The molecule has 0 fully saturated rings. The van der Waals surface area contributed by atoms with E-state index in [4.69, 9.17) is 9.15 Å². The molecule has 10 nitrogen and oxygen atoms in total. The zero-order valence-corrected chi connectivity index (χ0v) is 14.8. The van der Waals surface area contributed by atoms with Crippen LogP contribution in [0.5, 0.6) is 5.75 Å². The van der Waals surface area contributed by atoms with E-state index in [1.165, 1.54) is 25.5 Å². The van der Waals surface area contributed by atoms with Crippen molar-refractivity contribution in [3.05, 3.63) is 52.6 Å². The third-order valence-corrected chi connectivity index (χ3v) is 3.91. The molecule has 28 heavy (non-hydrogen) atoms. The Bertz CT molecular complexity index is 1040. The summed E-state index contributed by atoms with van der Waals surface area (Å²) in [6.45, 7) is -0.621. The molecule has 1 unspecified atom stereocenters. The molecule has 3 rings (SSSR count). The van der Waals surface area contributed by atoms with Crippen molar-refractivity contribution in [2.45, 2.75) is 12.5 Å². The van der Waals surface area contributed by atoms with Crippen molar-refractivity contribution in [1.29, 1.82) is 0 Å². The first-order valence-electron chi connectivity index (χ1n) is 8.22. The number of carbonyl (C=O) groups is 2. The van der Waals surface area contributed by atoms with Gasteiger partial charge in [-0.1, -0.05) is 5.16 Å². The number of fused-ring (bicyclic) bond motifs is 1. The Morgan fingerprint density at radius 2 is 2.11 bits per heavy atom. The van der Waals surface area contributed by atoms with Crippen molar-refractivity contribution in [3.63, 3.8) is 0 Å². The number of hydrogen-bond acceptors (Lipinski definition) is 8. The Kier molecular flexibility index (Phi) is 5.70. The number of aliphatic hydroxyl groups excluding tert-OH is 1. The summed E-state index contributed by atoms with van der Waals surface area (Å²) < 4.78 is 14.8. The van der Waals surface area contributed by atoms with Crippen molar-refractivity contribution in [2.24, 2.45) is 0 Å². The fourth-order valence-electron chi connectivity index (χ4n) is 2.59. The number of hydrogen-bond donors (Lipinski definition) is 3. The Morgan fingerprint density at radius 1 is 1.29 bits per heavy atom. The van der Waals surface area contributed by atoms with E-state index in [0.717, 1.165) is 0 Å². The Morgan fingerprint density at radius 3 is 2.79 bits per heavy atom. The lowest BCUT2D eigenvalue weighted by atomic mass is 10.1. The highest BCUT2D eigenvalue weighted by Gasteiger charge is 2.21. The quantitative estimate of drug-likeness (QED) is 0.496. The number of nitrogens with zero attached hydrogens (tertiary/aromatic N) is 1. The van der Waals surface area contributed by atoms with Crippen LogP contribution in [0, 0.1) is 0 Å². The van der Waals surface area contributed by atoms with Crippen molar-refractivity contribution in [3.8, 4) is 5.75 Å². The number of nitrogens with one attached hydrogen (secondary N) is 2. The van der Waals surface area contributed by atoms with E-state index in [9.17, 15) is 19.5 Å². The molecule has 2 aromatic heterocycles. The largest absolute Gasteiger partial charge is 0.497 e. The summed E-state index contributed by atoms with van der Waals surface area (Å²) in [6, 6.07) is 6.30. The van der Waals surface area contributed by atoms with Crippen LogP contribution < -0.4 is 21.0 Å². The van der Waals surface area contributed by atoms with Gasteiger partial charge >= 0.3 is 5.63 Å². The number of aliphatic hydroxyl groups is 1. The van der Waals surface area contributed by atoms with Gasteiger partial charge in [0.15, 0.2) is 5.82 Å². The lowest BCUT2D eigenvalue weighted by Gasteiger charge is -2.15. The summed E-state index contributed by atoms with van der Waals surface area (Å²) in [6.07, 6.45) is 1.07. The van der Waals surface area contributed by atoms with Crippen molar-refractivity contribution < 1.29 is 28.4 Å². The Balaban J connectivity index is 1.74. The summed E-state index contributed by atoms with van der Waals surface area (Å²) in [5.41, 5.74) is 0.0724. The van der Waals surface area contributed by atoms with Crippen LogP contribution in [0.15, 0.2) is 50.3 Å². The zero-order valence-electron chi connectivity index (χ0n) is 14.8. The number of aromatic nitrogens is 1. The van der Waals surface area contributed by atoms with E-state index >= 15 is 0 Å². The predicted molar refractivity (Wildman–Crippen MR) is 96.9 cm³/mol. The number of ether oxygens (including phenoxy) is 1. The minimum atomic E-state index is -1.20. The summed E-state index contributed by atoms with van der Waals surface area (Å²) in [5, 5.41) is 18.3. The minimum absolute atomic E-state index is 0.151. The topological polar surface area (TPSA) is 144 Å². The van der Waals surface area contributed by atoms with Gasteiger partial charge in [0.2, 0.25) is 5.91 Å². The molecule has 0 aliphatic rings. The summed E-state index contributed by atoms with van der Waals surface area (Å²) in [4.78, 5) is 36.3. The molecule has 10 heteroatoms. The highest BCUT2D eigenvalue weighted by atomic mass is 16.5. The van der Waals surface area contributed by atoms with Crippen LogP contribution in [-0.2, 0) is 16.0 Å². The SMILES string of the molecule is COc1ccc2c(CC(=O)NC(CO)C(=O)Nc3ccon3)cc(=O)oc2c1. The molecule has 1 atom stereocenters. The standard InChI is InChI=1S/C18H17N3O7/c1-26-11-2-3-12-10(7-17(24)28-14(12)8-11)6-16(23)19-13(9-22)18(25)20-15-4-5-27-21-15/h2-5,7-8,13,22H,6,9H2,1H3,(H,19,23)(H,20,21,25). The molecule has 0 spiro atoms. The highest BCUT2D eigenvalue weighted by Crippen LogP contribution is 2.22. The number of carbonyl (C=O) groups excluding carboxylic acids is 2. The number of amides is 2. The molecule has 0 bridgehead atoms. The lowest BCUT2D eigenvalue weighted by Crippen LogP contribution is -2.46. The van der Waals surface area contributed by atoms with Crippen LogP contribution in [0.25, 0.3) is 11.0 Å². The van der Waals surface area contributed by atoms with Crippen molar-refractivity contribution >= 4 is 28.6 Å². The Labute approximate surface area is 158 Å². The molecule has 0 aliphatic heterocycles. The van der Waals surface area contributed by atoms with Gasteiger partial charge in [-0.15, -0.1) is 0 Å². The van der Waals surface area contributed by atoms with Gasteiger partial charge in [0.05, 0.1) is 20.1 Å². The fraction of sp³-hybridized carbons (Fsp3) is 0.222. The van der Waals surface area contributed by atoms with E-state index in [1.54, 1.807) is 18.2 Å². The lowest BCUT2D eigenvalue weighted by molar-refractivity contribution is -0.126. The van der Waals surface area contributed by atoms with Crippen LogP contribution in [0.2, 0.25) is 0 Å². The molecular formula is C18H17N3O7. The average molecular weight is 387 g/mol. The first-order valence-corrected chi connectivity index (χ1v) is 8.22. The smallest absolute Gasteiger partial charge is 0.336 e. The molecule has 1 aromatic carbocycles. The van der Waals surface area contributed by atoms with E-state index in [0.29, 0.717) is 16.7 Å². The Hall–Kier alpha value is -3.66. The first kappa shape index (κ1) is 19.1. The molecule has 0 aliphatic carbocycles. The van der Waals surface area contributed by atoms with Crippen LogP contribution in [-0.4, -0.2) is 41.8 Å². The number of rotatable bonds is 7. The van der Waals surface area contributed by atoms with Crippen molar-refractivity contribution in [1.82, 2.24) is 10.5 Å². The van der Waals surface area contributed by atoms with E-state index in [1.807, 2.05) is 0 Å². The van der Waals surface area contributed by atoms with E-state index < -0.39 is 30.1 Å². The van der Waals surface area contributed by atoms with Gasteiger partial charge in [-0.2, -0.15) is 0 Å². The zero-order chi connectivity index (χ0) is 20.1. The van der Waals surface area contributed by atoms with Gasteiger partial charge in [0.1, 0.15) is 23.6 Å². The second-order valence-corrected chi connectivity index (χ2v) is 5.81. The third kappa shape index (κ3) is 4.35. The van der Waals surface area contributed by atoms with Crippen LogP contribution in [0.1, 0.15) is 5.56 Å². The van der Waals surface area contributed by atoms with Gasteiger partial charge in [0.25, 0.3) is 5.91 Å². The van der Waals surface area contributed by atoms with Gasteiger partial charge in [-0.05, 0) is 17.7 Å². The predicted octanol–water partition coefficient (Wildman–Crippen LogP) is 0.448. The average Bonchev–Trinajstić information content (AvgIpc) is 3.18. The van der Waals surface area contributed by atoms with Crippen LogP contribution in [0.3, 0.4) is 0 Å². The van der Waals surface area contributed by atoms with E-state index in [2.05, 4.69) is 20.3 Å². The molecule has 2 amide bonds. The number of benzene rings is 1. The van der Waals surface area contributed by atoms with Gasteiger partial charge in [-0.25, -0.2) is 4.79 Å². The molecule has 3 N–H and O–H groups in total. The highest BCUT2D eigenvalue weighted by molar-refractivity contribution is 5.97. The summed E-state index contributed by atoms with van der Waals surface area (Å²) in [7, 11) is 1.48. The molecule has 0 saturated carbocycles. The van der Waals surface area contributed by atoms with Gasteiger partial charge in [0, 0.05) is 23.6 Å². The third-order valence-electron chi connectivity index (χ3n) is 3.91. The first-order chi connectivity index (χ1) is 13.5. The maximum absolute atomic E-state index is 12.4. The molecule has 2 heterocycles. The fourth-order valence-corrected chi connectivity index (χ4v) is 2.59. The summed E-state index contributed by atoms with van der Waals surface area (Å²) in [5.74, 6) is -0.565. The maximum atomic E-state index is 12.4. The monoisotopic (exact) mass is 387 g/mol. The molecule has 0 radical (unpaired) electrons. The van der Waals surface area contributed by atoms with Gasteiger partial charge < -0.3 is 29.4 Å². The second kappa shape index (κ2) is 8.35. The van der Waals surface area contributed by atoms with Crippen molar-refractivity contribution in [2.75, 3.05) is 19.0 Å². The van der Waals surface area contributed by atoms with Gasteiger partial charge in [-0.3, -0.25) is 9.59 Å².